The molecule has 4 aromatic rings. The summed E-state index contributed by atoms with van der Waals surface area (Å²) in [5.74, 6) is -0.978. The quantitative estimate of drug-likeness (QED) is 0.453. The van der Waals surface area contributed by atoms with E-state index in [2.05, 4.69) is 5.32 Å². The third-order valence-corrected chi connectivity index (χ3v) is 4.92. The Kier molecular flexibility index (Phi) is 5.15. The summed E-state index contributed by atoms with van der Waals surface area (Å²) in [6, 6.07) is 24.3. The molecular weight excluding hydrogens is 379 g/mol. The van der Waals surface area contributed by atoms with Crippen LogP contribution in [0.25, 0.3) is 21.9 Å². The second-order valence-corrected chi connectivity index (χ2v) is 6.90. The molecule has 0 aliphatic heterocycles. The highest BCUT2D eigenvalue weighted by Crippen LogP contribution is 2.31. The summed E-state index contributed by atoms with van der Waals surface area (Å²) in [4.78, 5) is 12.6. The molecule has 0 aromatic heterocycles. The van der Waals surface area contributed by atoms with E-state index in [4.69, 9.17) is 5.26 Å². The van der Waals surface area contributed by atoms with Gasteiger partial charge in [0.15, 0.2) is 0 Å². The maximum atomic E-state index is 14.0. The molecule has 0 saturated heterocycles. The van der Waals surface area contributed by atoms with Crippen molar-refractivity contribution in [2.75, 3.05) is 5.32 Å². The third kappa shape index (κ3) is 3.85. The molecule has 0 aliphatic rings. The number of phenols is 1. The molecule has 0 aliphatic carbocycles. The van der Waals surface area contributed by atoms with E-state index in [1.165, 1.54) is 18.2 Å². The number of aromatic hydroxyl groups is 1. The highest BCUT2D eigenvalue weighted by Gasteiger charge is 2.12. The van der Waals surface area contributed by atoms with E-state index >= 15 is 0 Å². The minimum absolute atomic E-state index is 0.0406. The van der Waals surface area contributed by atoms with E-state index in [-0.39, 0.29) is 29.3 Å². The Balaban J connectivity index is 1.58. The molecule has 0 spiro atoms. The average Bonchev–Trinajstić information content (AvgIpc) is 2.75. The van der Waals surface area contributed by atoms with Gasteiger partial charge in [0.1, 0.15) is 17.6 Å². The Morgan fingerprint density at radius 3 is 2.50 bits per heavy atom. The summed E-state index contributed by atoms with van der Waals surface area (Å²) in [7, 11) is 0. The number of nitrogens with zero attached hydrogens (tertiary/aromatic N) is 1. The maximum absolute atomic E-state index is 14.0. The Morgan fingerprint density at radius 2 is 1.70 bits per heavy atom. The number of carbonyl (C=O) groups excluding carboxylic acids is 1. The van der Waals surface area contributed by atoms with Crippen molar-refractivity contribution in [1.29, 1.82) is 5.26 Å². The predicted octanol–water partition coefficient (Wildman–Crippen LogP) is 5.40. The number of amides is 1. The standard InChI is InChI=1S/C25H17FN2O2/c26-22-12-17(8-9-20(22)15-27)18-10-11-24(29)23(13-18)28-25(30)14-19-6-3-5-16-4-1-2-7-21(16)19/h1-13,29H,14H2,(H,28,30). The van der Waals surface area contributed by atoms with Crippen molar-refractivity contribution in [3.05, 3.63) is 95.8 Å². The Hall–Kier alpha value is -4.17. The largest absolute Gasteiger partial charge is 0.506 e. The van der Waals surface area contributed by atoms with Crippen LogP contribution in [0.3, 0.4) is 0 Å². The molecule has 0 bridgehead atoms. The SMILES string of the molecule is N#Cc1ccc(-c2ccc(O)c(NC(=O)Cc3cccc4ccccc34)c2)cc1F. The number of halogens is 1. The van der Waals surface area contributed by atoms with Gasteiger partial charge in [-0.2, -0.15) is 5.26 Å². The minimum atomic E-state index is -0.621. The maximum Gasteiger partial charge on any atom is 0.228 e. The zero-order valence-corrected chi connectivity index (χ0v) is 15.9. The second-order valence-electron chi connectivity index (χ2n) is 6.90. The summed E-state index contributed by atoms with van der Waals surface area (Å²) < 4.78 is 14.0. The van der Waals surface area contributed by atoms with Crippen LogP contribution in [0, 0.1) is 17.1 Å². The summed E-state index contributed by atoms with van der Waals surface area (Å²) in [5.41, 5.74) is 2.23. The van der Waals surface area contributed by atoms with Crippen LogP contribution in [0.1, 0.15) is 11.1 Å². The van der Waals surface area contributed by atoms with Crippen LogP contribution in [0.5, 0.6) is 5.75 Å². The molecule has 4 nitrogen and oxygen atoms in total. The van der Waals surface area contributed by atoms with E-state index in [0.29, 0.717) is 11.1 Å². The fourth-order valence-electron chi connectivity index (χ4n) is 3.42. The predicted molar refractivity (Wildman–Crippen MR) is 114 cm³/mol. The van der Waals surface area contributed by atoms with Crippen LogP contribution in [0.4, 0.5) is 10.1 Å². The lowest BCUT2D eigenvalue weighted by atomic mass is 10.0. The number of carbonyl (C=O) groups is 1. The Morgan fingerprint density at radius 1 is 0.967 bits per heavy atom. The molecule has 0 fully saturated rings. The zero-order valence-electron chi connectivity index (χ0n) is 15.9. The zero-order chi connectivity index (χ0) is 21.1. The van der Waals surface area contributed by atoms with Crippen molar-refractivity contribution in [2.45, 2.75) is 6.42 Å². The smallest absolute Gasteiger partial charge is 0.228 e. The monoisotopic (exact) mass is 396 g/mol. The topological polar surface area (TPSA) is 73.1 Å². The summed E-state index contributed by atoms with van der Waals surface area (Å²) in [6.45, 7) is 0. The van der Waals surface area contributed by atoms with Crippen LogP contribution in [0.15, 0.2) is 78.9 Å². The van der Waals surface area contributed by atoms with Gasteiger partial charge < -0.3 is 10.4 Å². The van der Waals surface area contributed by atoms with Gasteiger partial charge in [0, 0.05) is 0 Å². The average molecular weight is 396 g/mol. The van der Waals surface area contributed by atoms with Gasteiger partial charge in [-0.15, -0.1) is 0 Å². The molecule has 0 heterocycles. The van der Waals surface area contributed by atoms with Crippen molar-refractivity contribution < 1.29 is 14.3 Å². The fraction of sp³-hybridized carbons (Fsp3) is 0.0400. The van der Waals surface area contributed by atoms with Gasteiger partial charge in [-0.05, 0) is 51.7 Å². The van der Waals surface area contributed by atoms with Crippen molar-refractivity contribution in [1.82, 2.24) is 0 Å². The van der Waals surface area contributed by atoms with E-state index in [1.807, 2.05) is 42.5 Å². The number of phenolic OH excluding ortho intramolecular Hbond substituents is 1. The number of benzene rings is 4. The number of nitrogens with one attached hydrogen (secondary N) is 1. The van der Waals surface area contributed by atoms with E-state index in [9.17, 15) is 14.3 Å². The van der Waals surface area contributed by atoms with Crippen LogP contribution in [0.2, 0.25) is 0 Å². The van der Waals surface area contributed by atoms with E-state index < -0.39 is 5.82 Å². The van der Waals surface area contributed by atoms with Gasteiger partial charge in [-0.3, -0.25) is 4.79 Å². The van der Waals surface area contributed by atoms with E-state index in [0.717, 1.165) is 16.3 Å². The first-order chi connectivity index (χ1) is 14.5. The number of hydrogen-bond acceptors (Lipinski definition) is 3. The van der Waals surface area contributed by atoms with Crippen molar-refractivity contribution in [3.8, 4) is 22.9 Å². The summed E-state index contributed by atoms with van der Waals surface area (Å²) in [5, 5.41) is 23.8. The first-order valence-corrected chi connectivity index (χ1v) is 9.34. The molecule has 4 aromatic carbocycles. The summed E-state index contributed by atoms with van der Waals surface area (Å²) >= 11 is 0. The van der Waals surface area contributed by atoms with Gasteiger partial charge in [-0.1, -0.05) is 54.6 Å². The van der Waals surface area contributed by atoms with Gasteiger partial charge >= 0.3 is 0 Å². The van der Waals surface area contributed by atoms with Gasteiger partial charge in [0.2, 0.25) is 5.91 Å². The molecule has 2 N–H and O–H groups in total. The van der Waals surface area contributed by atoms with Gasteiger partial charge in [0.25, 0.3) is 0 Å². The van der Waals surface area contributed by atoms with Crippen LogP contribution < -0.4 is 5.32 Å². The van der Waals surface area contributed by atoms with Crippen molar-refractivity contribution >= 4 is 22.4 Å². The summed E-state index contributed by atoms with van der Waals surface area (Å²) in [6.07, 6.45) is 0.149. The number of nitriles is 1. The Labute approximate surface area is 172 Å². The highest BCUT2D eigenvalue weighted by molar-refractivity contribution is 5.97. The number of fused-ring (bicyclic) bond motifs is 1. The third-order valence-electron chi connectivity index (χ3n) is 4.92. The highest BCUT2D eigenvalue weighted by atomic mass is 19.1. The van der Waals surface area contributed by atoms with Crippen LogP contribution in [-0.2, 0) is 11.2 Å². The molecule has 0 radical (unpaired) electrons. The van der Waals surface area contributed by atoms with E-state index in [1.54, 1.807) is 24.3 Å². The minimum Gasteiger partial charge on any atom is -0.506 e. The lowest BCUT2D eigenvalue weighted by Gasteiger charge is -2.11. The molecule has 0 atom stereocenters. The van der Waals surface area contributed by atoms with Gasteiger partial charge in [0.05, 0.1) is 17.7 Å². The molecular formula is C25H17FN2O2. The number of rotatable bonds is 4. The molecule has 0 unspecified atom stereocenters. The first kappa shape index (κ1) is 19.2. The van der Waals surface area contributed by atoms with Crippen molar-refractivity contribution in [3.63, 3.8) is 0 Å². The normalized spacial score (nSPS) is 10.5. The van der Waals surface area contributed by atoms with Crippen LogP contribution in [-0.4, -0.2) is 11.0 Å². The molecule has 1 amide bonds. The number of hydrogen-bond donors (Lipinski definition) is 2. The Bertz CT molecular complexity index is 1300. The lowest BCUT2D eigenvalue weighted by molar-refractivity contribution is -0.115. The fourth-order valence-corrected chi connectivity index (χ4v) is 3.42. The number of anilines is 1. The molecule has 5 heteroatoms. The molecule has 4 rings (SSSR count). The first-order valence-electron chi connectivity index (χ1n) is 9.34. The van der Waals surface area contributed by atoms with Crippen molar-refractivity contribution in [2.24, 2.45) is 0 Å². The lowest BCUT2D eigenvalue weighted by Crippen LogP contribution is -2.14. The molecule has 0 saturated carbocycles. The molecule has 146 valence electrons. The van der Waals surface area contributed by atoms with Gasteiger partial charge in [-0.25, -0.2) is 4.39 Å². The molecule has 30 heavy (non-hydrogen) atoms. The van der Waals surface area contributed by atoms with Crippen LogP contribution >= 0.6 is 0 Å². The second kappa shape index (κ2) is 8.06.